The average Bonchev–Trinajstić information content (AvgIpc) is 2.13. The van der Waals surface area contributed by atoms with Gasteiger partial charge in [0.1, 0.15) is 0 Å². The Morgan fingerprint density at radius 2 is 1.93 bits per heavy atom. The van der Waals surface area contributed by atoms with Gasteiger partial charge in [0.2, 0.25) is 0 Å². The van der Waals surface area contributed by atoms with Gasteiger partial charge in [0.15, 0.2) is 0 Å². The van der Waals surface area contributed by atoms with Crippen molar-refractivity contribution in [3.05, 3.63) is 42.1 Å². The van der Waals surface area contributed by atoms with Crippen LogP contribution in [0.15, 0.2) is 36.5 Å². The van der Waals surface area contributed by atoms with Crippen LogP contribution in [0.3, 0.4) is 0 Å². The molecule has 0 fully saturated rings. The molecule has 0 atom stereocenters. The summed E-state index contributed by atoms with van der Waals surface area (Å²) < 4.78 is 14.2. The van der Waals surface area contributed by atoms with Gasteiger partial charge < -0.3 is 9.79 Å². The quantitative estimate of drug-likeness (QED) is 0.520. The minimum absolute atomic E-state index is 0.898. The van der Waals surface area contributed by atoms with E-state index in [1.165, 1.54) is 6.20 Å². The van der Waals surface area contributed by atoms with Crippen molar-refractivity contribution in [3.63, 3.8) is 0 Å². The van der Waals surface area contributed by atoms with Gasteiger partial charge in [0.05, 0.1) is 0 Å². The van der Waals surface area contributed by atoms with Gasteiger partial charge in [-0.15, -0.1) is 0 Å². The van der Waals surface area contributed by atoms with Crippen molar-refractivity contribution in [1.29, 1.82) is 0 Å². The predicted molar refractivity (Wildman–Crippen MR) is 51.7 cm³/mol. The molecule has 5 nitrogen and oxygen atoms in total. The number of hydrogen-bond donors (Lipinski definition) is 3. The van der Waals surface area contributed by atoms with Crippen LogP contribution in [0.5, 0.6) is 0 Å². The molecular weight excluding hydrogens is 205 g/mol. The Kier molecular flexibility index (Phi) is 3.85. The number of hydrogen-bond acceptors (Lipinski definition) is 3. The maximum Gasteiger partial charge on any atom is 0.491 e. The first-order valence-corrected chi connectivity index (χ1v) is 5.32. The van der Waals surface area contributed by atoms with Crippen molar-refractivity contribution in [1.82, 2.24) is 5.48 Å². The number of phosphoric acid groups is 1. The van der Waals surface area contributed by atoms with Crippen molar-refractivity contribution in [2.75, 3.05) is 0 Å². The van der Waals surface area contributed by atoms with E-state index < -0.39 is 7.82 Å². The van der Waals surface area contributed by atoms with Gasteiger partial charge in [0, 0.05) is 6.20 Å². The van der Waals surface area contributed by atoms with Gasteiger partial charge >= 0.3 is 7.82 Å². The minimum Gasteiger partial charge on any atom is -0.301 e. The minimum atomic E-state index is -4.45. The number of hydroxylamine groups is 1. The van der Waals surface area contributed by atoms with Crippen LogP contribution in [0.1, 0.15) is 5.56 Å². The molecule has 1 aromatic carbocycles. The van der Waals surface area contributed by atoms with Gasteiger partial charge in [-0.25, -0.2) is 4.57 Å². The summed E-state index contributed by atoms with van der Waals surface area (Å²) in [6.45, 7) is 0. The standard InChI is InChI=1S/C8H10NO4P/c10-14(11,12)13-9-7-6-8-4-2-1-3-5-8/h1-7,9H,(H2,10,11,12). The number of nitrogens with one attached hydrogen (secondary N) is 1. The van der Waals surface area contributed by atoms with Gasteiger partial charge in [-0.05, 0) is 11.6 Å². The third kappa shape index (κ3) is 4.79. The molecule has 1 aromatic rings. The van der Waals surface area contributed by atoms with E-state index in [0.29, 0.717) is 0 Å². The van der Waals surface area contributed by atoms with Gasteiger partial charge in [-0.3, -0.25) is 5.48 Å². The Hall–Kier alpha value is -1.13. The molecule has 0 aliphatic carbocycles. The van der Waals surface area contributed by atoms with Crippen molar-refractivity contribution >= 4 is 13.9 Å². The van der Waals surface area contributed by atoms with Gasteiger partial charge in [-0.1, -0.05) is 30.3 Å². The summed E-state index contributed by atoms with van der Waals surface area (Å²) >= 11 is 0. The van der Waals surface area contributed by atoms with Crippen molar-refractivity contribution in [2.24, 2.45) is 0 Å². The topological polar surface area (TPSA) is 78.8 Å². The molecule has 0 spiro atoms. The number of benzene rings is 1. The molecule has 0 radical (unpaired) electrons. The van der Waals surface area contributed by atoms with Crippen molar-refractivity contribution in [3.8, 4) is 0 Å². The predicted octanol–water partition coefficient (Wildman–Crippen LogP) is 1.27. The summed E-state index contributed by atoms with van der Waals surface area (Å²) in [5.41, 5.74) is 2.93. The molecule has 3 N–H and O–H groups in total. The molecule has 0 aromatic heterocycles. The zero-order valence-electron chi connectivity index (χ0n) is 7.20. The second-order valence-electron chi connectivity index (χ2n) is 2.44. The van der Waals surface area contributed by atoms with Crippen LogP contribution in [0, 0.1) is 0 Å². The highest BCUT2D eigenvalue weighted by molar-refractivity contribution is 7.46. The summed E-state index contributed by atoms with van der Waals surface area (Å²) in [5.74, 6) is 0. The van der Waals surface area contributed by atoms with E-state index in [0.717, 1.165) is 5.56 Å². The summed E-state index contributed by atoms with van der Waals surface area (Å²) in [6.07, 6.45) is 2.92. The highest BCUT2D eigenvalue weighted by atomic mass is 31.2. The molecule has 76 valence electrons. The van der Waals surface area contributed by atoms with E-state index >= 15 is 0 Å². The smallest absolute Gasteiger partial charge is 0.301 e. The second kappa shape index (κ2) is 4.93. The second-order valence-corrected chi connectivity index (χ2v) is 3.61. The zero-order valence-corrected chi connectivity index (χ0v) is 8.09. The van der Waals surface area contributed by atoms with E-state index in [9.17, 15) is 4.57 Å². The fourth-order valence-corrected chi connectivity index (χ4v) is 0.992. The summed E-state index contributed by atoms with van der Waals surface area (Å²) in [5, 5.41) is 0. The van der Waals surface area contributed by atoms with E-state index in [2.05, 4.69) is 4.62 Å². The summed E-state index contributed by atoms with van der Waals surface area (Å²) in [6, 6.07) is 9.26. The molecule has 0 heterocycles. The Morgan fingerprint density at radius 1 is 1.29 bits per heavy atom. The normalized spacial score (nSPS) is 11.9. The monoisotopic (exact) mass is 215 g/mol. The molecular formula is C8H10NO4P. The van der Waals surface area contributed by atoms with Crippen molar-refractivity contribution < 1.29 is 19.0 Å². The van der Waals surface area contributed by atoms with Gasteiger partial charge in [-0.2, -0.15) is 4.62 Å². The van der Waals surface area contributed by atoms with E-state index in [4.69, 9.17) is 9.79 Å². The van der Waals surface area contributed by atoms with Crippen LogP contribution >= 0.6 is 7.82 Å². The van der Waals surface area contributed by atoms with E-state index in [1.807, 2.05) is 35.8 Å². The van der Waals surface area contributed by atoms with Crippen LogP contribution in [0.4, 0.5) is 0 Å². The van der Waals surface area contributed by atoms with Crippen LogP contribution in [0.25, 0.3) is 6.08 Å². The van der Waals surface area contributed by atoms with Crippen molar-refractivity contribution in [2.45, 2.75) is 0 Å². The Balaban J connectivity index is 2.39. The SMILES string of the molecule is O=P(O)(O)ONC=Cc1ccccc1. The zero-order chi connectivity index (χ0) is 10.4. The molecule has 0 saturated carbocycles. The average molecular weight is 215 g/mol. The fourth-order valence-electron chi connectivity index (χ4n) is 0.793. The van der Waals surface area contributed by atoms with E-state index in [1.54, 1.807) is 6.08 Å². The lowest BCUT2D eigenvalue weighted by atomic mass is 10.2. The van der Waals surface area contributed by atoms with E-state index in [-0.39, 0.29) is 0 Å². The lowest BCUT2D eigenvalue weighted by Gasteiger charge is -2.01. The first-order chi connectivity index (χ1) is 6.58. The van der Waals surface area contributed by atoms with Crippen LogP contribution in [-0.4, -0.2) is 9.79 Å². The molecule has 1 rings (SSSR count). The number of rotatable bonds is 4. The third-order valence-electron chi connectivity index (χ3n) is 1.32. The Labute approximate surface area is 81.2 Å². The molecule has 0 aliphatic rings. The maximum absolute atomic E-state index is 10.2. The molecule has 0 unspecified atom stereocenters. The molecule has 0 bridgehead atoms. The highest BCUT2D eigenvalue weighted by Crippen LogP contribution is 2.33. The van der Waals surface area contributed by atoms with Gasteiger partial charge in [0.25, 0.3) is 0 Å². The maximum atomic E-state index is 10.2. The molecule has 0 amide bonds. The largest absolute Gasteiger partial charge is 0.491 e. The summed E-state index contributed by atoms with van der Waals surface area (Å²) in [7, 11) is -4.45. The highest BCUT2D eigenvalue weighted by Gasteiger charge is 2.12. The fraction of sp³-hybridized carbons (Fsp3) is 0. The molecule has 6 heteroatoms. The summed E-state index contributed by atoms with van der Waals surface area (Å²) in [4.78, 5) is 16.6. The molecule has 0 aliphatic heterocycles. The van der Waals surface area contributed by atoms with Crippen LogP contribution in [-0.2, 0) is 9.19 Å². The van der Waals surface area contributed by atoms with Crippen LogP contribution < -0.4 is 5.48 Å². The lowest BCUT2D eigenvalue weighted by molar-refractivity contribution is 0.153. The van der Waals surface area contributed by atoms with Crippen LogP contribution in [0.2, 0.25) is 0 Å². The first-order valence-electron chi connectivity index (χ1n) is 3.79. The Bertz CT molecular complexity index is 346. The third-order valence-corrected chi connectivity index (χ3v) is 1.66. The Morgan fingerprint density at radius 3 is 2.50 bits per heavy atom. The first kappa shape index (κ1) is 10.9. The molecule has 14 heavy (non-hydrogen) atoms. The lowest BCUT2D eigenvalue weighted by Crippen LogP contribution is -2.03. The molecule has 0 saturated heterocycles.